The number of hydrogen-bond donors (Lipinski definition) is 2. The van der Waals surface area contributed by atoms with Gasteiger partial charge < -0.3 is 9.67 Å². The molecule has 0 aliphatic rings. The lowest BCUT2D eigenvalue weighted by atomic mass is 10.2. The predicted octanol–water partition coefficient (Wildman–Crippen LogP) is 1.57. The molecule has 0 saturated carbocycles. The standard InChI is InChI=1S/C11H10ClN3O4S/c1-15-5-10(13-6-15)20(18,19)14-9-3-2-7(11(16)17)4-8(9)12/h2-6,14H,1H3,(H,16,17). The third kappa shape index (κ3) is 2.91. The highest BCUT2D eigenvalue weighted by Gasteiger charge is 2.19. The number of sulfonamides is 1. The van der Waals surface area contributed by atoms with Crippen LogP contribution in [0.2, 0.25) is 5.02 Å². The van der Waals surface area contributed by atoms with Crippen LogP contribution >= 0.6 is 11.6 Å². The molecule has 0 saturated heterocycles. The van der Waals surface area contributed by atoms with E-state index in [1.165, 1.54) is 35.3 Å². The molecule has 1 aromatic carbocycles. The summed E-state index contributed by atoms with van der Waals surface area (Å²) >= 11 is 5.86. The van der Waals surface area contributed by atoms with Crippen LogP contribution in [-0.2, 0) is 17.1 Å². The van der Waals surface area contributed by atoms with Crippen LogP contribution in [0.3, 0.4) is 0 Å². The number of rotatable bonds is 4. The Kier molecular flexibility index (Phi) is 3.69. The minimum absolute atomic E-state index is 0.00981. The third-order valence-electron chi connectivity index (χ3n) is 2.42. The number of hydrogen-bond acceptors (Lipinski definition) is 4. The summed E-state index contributed by atoms with van der Waals surface area (Å²) in [5.41, 5.74) is 0.0538. The molecule has 20 heavy (non-hydrogen) atoms. The Morgan fingerprint density at radius 1 is 1.45 bits per heavy atom. The minimum atomic E-state index is -3.86. The van der Waals surface area contributed by atoms with E-state index < -0.39 is 16.0 Å². The average Bonchev–Trinajstić information content (AvgIpc) is 2.79. The fraction of sp³-hybridized carbons (Fsp3) is 0.0909. The molecule has 1 aromatic heterocycles. The first kappa shape index (κ1) is 14.4. The molecule has 0 unspecified atom stereocenters. The number of imidazole rings is 1. The largest absolute Gasteiger partial charge is 0.478 e. The summed E-state index contributed by atoms with van der Waals surface area (Å²) in [6.45, 7) is 0. The fourth-order valence-corrected chi connectivity index (χ4v) is 2.80. The van der Waals surface area contributed by atoms with Crippen molar-refractivity contribution in [2.75, 3.05) is 4.72 Å². The molecule has 106 valence electrons. The Labute approximate surface area is 119 Å². The van der Waals surface area contributed by atoms with Crippen LogP contribution in [0.4, 0.5) is 5.69 Å². The number of nitrogens with zero attached hydrogens (tertiary/aromatic N) is 2. The van der Waals surface area contributed by atoms with E-state index in [0.29, 0.717) is 0 Å². The summed E-state index contributed by atoms with van der Waals surface area (Å²) in [5.74, 6) is -1.15. The predicted molar refractivity (Wildman–Crippen MR) is 72.4 cm³/mol. The summed E-state index contributed by atoms with van der Waals surface area (Å²) in [5, 5.41) is 8.64. The summed E-state index contributed by atoms with van der Waals surface area (Å²) in [6, 6.07) is 3.71. The lowest BCUT2D eigenvalue weighted by molar-refractivity contribution is 0.0697. The second-order valence-electron chi connectivity index (χ2n) is 3.98. The Balaban J connectivity index is 2.32. The number of halogens is 1. The number of aryl methyl sites for hydroxylation is 1. The van der Waals surface area contributed by atoms with Crippen LogP contribution in [0.1, 0.15) is 10.4 Å². The van der Waals surface area contributed by atoms with E-state index in [2.05, 4.69) is 9.71 Å². The Hall–Kier alpha value is -2.06. The van der Waals surface area contributed by atoms with Crippen molar-refractivity contribution in [1.29, 1.82) is 0 Å². The molecule has 1 heterocycles. The van der Waals surface area contributed by atoms with Gasteiger partial charge in [-0.2, -0.15) is 8.42 Å². The molecule has 0 spiro atoms. The van der Waals surface area contributed by atoms with Crippen molar-refractivity contribution in [3.8, 4) is 0 Å². The highest BCUT2D eigenvalue weighted by molar-refractivity contribution is 7.92. The molecule has 0 amide bonds. The van der Waals surface area contributed by atoms with Crippen LogP contribution in [-0.4, -0.2) is 29.0 Å². The van der Waals surface area contributed by atoms with Gasteiger partial charge in [0.2, 0.25) is 0 Å². The van der Waals surface area contributed by atoms with Crippen LogP contribution in [0.5, 0.6) is 0 Å². The Bertz CT molecular complexity index is 770. The molecule has 0 bridgehead atoms. The zero-order chi connectivity index (χ0) is 14.9. The Morgan fingerprint density at radius 2 is 2.15 bits per heavy atom. The van der Waals surface area contributed by atoms with Crippen molar-refractivity contribution >= 4 is 33.3 Å². The van der Waals surface area contributed by atoms with Crippen molar-refractivity contribution in [3.05, 3.63) is 41.3 Å². The molecule has 2 rings (SSSR count). The fourth-order valence-electron chi connectivity index (χ4n) is 1.46. The first-order valence-electron chi connectivity index (χ1n) is 5.33. The van der Waals surface area contributed by atoms with Gasteiger partial charge in [-0.1, -0.05) is 11.6 Å². The number of aromatic carboxylic acids is 1. The molecular formula is C11H10ClN3O4S. The first-order chi connectivity index (χ1) is 9.29. The SMILES string of the molecule is Cn1cnc(S(=O)(=O)Nc2ccc(C(=O)O)cc2Cl)c1. The van der Waals surface area contributed by atoms with Crippen molar-refractivity contribution in [3.63, 3.8) is 0 Å². The van der Waals surface area contributed by atoms with Gasteiger partial charge in [-0.15, -0.1) is 0 Å². The number of aromatic nitrogens is 2. The van der Waals surface area contributed by atoms with E-state index in [0.717, 1.165) is 0 Å². The zero-order valence-corrected chi connectivity index (χ0v) is 11.8. The van der Waals surface area contributed by atoms with E-state index in [1.54, 1.807) is 7.05 Å². The molecular weight excluding hydrogens is 306 g/mol. The monoisotopic (exact) mass is 315 g/mol. The van der Waals surface area contributed by atoms with Gasteiger partial charge >= 0.3 is 5.97 Å². The molecule has 0 atom stereocenters. The van der Waals surface area contributed by atoms with Crippen molar-refractivity contribution in [2.45, 2.75) is 5.03 Å². The maximum absolute atomic E-state index is 12.0. The summed E-state index contributed by atoms with van der Waals surface area (Å²) in [4.78, 5) is 14.5. The van der Waals surface area contributed by atoms with Gasteiger partial charge in [0.1, 0.15) is 0 Å². The lowest BCUT2D eigenvalue weighted by Gasteiger charge is -2.08. The molecule has 0 fully saturated rings. The zero-order valence-electron chi connectivity index (χ0n) is 10.2. The molecule has 9 heteroatoms. The Morgan fingerprint density at radius 3 is 2.65 bits per heavy atom. The summed E-state index contributed by atoms with van der Waals surface area (Å²) in [7, 11) is -2.22. The maximum atomic E-state index is 12.0. The second-order valence-corrected chi connectivity index (χ2v) is 6.02. The number of carboxylic acid groups (broad SMARTS) is 1. The van der Waals surface area contributed by atoms with Gasteiger partial charge in [-0.25, -0.2) is 9.78 Å². The normalized spacial score (nSPS) is 11.3. The van der Waals surface area contributed by atoms with E-state index in [1.807, 2.05) is 0 Å². The lowest BCUT2D eigenvalue weighted by Crippen LogP contribution is -2.14. The minimum Gasteiger partial charge on any atom is -0.478 e. The smallest absolute Gasteiger partial charge is 0.335 e. The van der Waals surface area contributed by atoms with Crippen molar-refractivity contribution in [1.82, 2.24) is 9.55 Å². The third-order valence-corrected chi connectivity index (χ3v) is 3.98. The number of benzene rings is 1. The molecule has 0 aliphatic heterocycles. The second kappa shape index (κ2) is 5.14. The van der Waals surface area contributed by atoms with Gasteiger partial charge in [0, 0.05) is 13.2 Å². The molecule has 2 N–H and O–H groups in total. The average molecular weight is 316 g/mol. The summed E-state index contributed by atoms with van der Waals surface area (Å²) < 4.78 is 27.8. The van der Waals surface area contributed by atoms with Crippen molar-refractivity contribution < 1.29 is 18.3 Å². The molecule has 0 radical (unpaired) electrons. The van der Waals surface area contributed by atoms with Crippen LogP contribution in [0.15, 0.2) is 35.7 Å². The van der Waals surface area contributed by atoms with Gasteiger partial charge in [0.25, 0.3) is 10.0 Å². The molecule has 7 nitrogen and oxygen atoms in total. The van der Waals surface area contributed by atoms with E-state index in [-0.39, 0.29) is 21.3 Å². The van der Waals surface area contributed by atoms with E-state index >= 15 is 0 Å². The van der Waals surface area contributed by atoms with E-state index in [9.17, 15) is 13.2 Å². The topological polar surface area (TPSA) is 101 Å². The highest BCUT2D eigenvalue weighted by Crippen LogP contribution is 2.25. The number of nitrogens with one attached hydrogen (secondary N) is 1. The van der Waals surface area contributed by atoms with Crippen molar-refractivity contribution in [2.24, 2.45) is 7.05 Å². The number of carboxylic acids is 1. The molecule has 0 aliphatic carbocycles. The van der Waals surface area contributed by atoms with Gasteiger partial charge in [0.05, 0.1) is 22.6 Å². The van der Waals surface area contributed by atoms with E-state index in [4.69, 9.17) is 16.7 Å². The van der Waals surface area contributed by atoms with Crippen LogP contribution < -0.4 is 4.72 Å². The first-order valence-corrected chi connectivity index (χ1v) is 7.19. The number of anilines is 1. The van der Waals surface area contributed by atoms with Gasteiger partial charge in [-0.3, -0.25) is 4.72 Å². The molecule has 2 aromatic rings. The van der Waals surface area contributed by atoms with Gasteiger partial charge in [-0.05, 0) is 18.2 Å². The van der Waals surface area contributed by atoms with Crippen LogP contribution in [0.25, 0.3) is 0 Å². The maximum Gasteiger partial charge on any atom is 0.335 e. The highest BCUT2D eigenvalue weighted by atomic mass is 35.5. The van der Waals surface area contributed by atoms with Crippen LogP contribution in [0, 0.1) is 0 Å². The summed E-state index contributed by atoms with van der Waals surface area (Å²) in [6.07, 6.45) is 2.69. The number of carbonyl (C=O) groups is 1. The van der Waals surface area contributed by atoms with Gasteiger partial charge in [0.15, 0.2) is 5.03 Å². The quantitative estimate of drug-likeness (QED) is 0.891.